The van der Waals surface area contributed by atoms with Gasteiger partial charge in [-0.1, -0.05) is 0 Å². The Balaban J connectivity index is 2.25. The van der Waals surface area contributed by atoms with E-state index in [2.05, 4.69) is 50.3 Å². The molecule has 3 nitrogen and oxygen atoms in total. The van der Waals surface area contributed by atoms with Gasteiger partial charge in [0.2, 0.25) is 0 Å². The maximum absolute atomic E-state index is 6.32. The van der Waals surface area contributed by atoms with Gasteiger partial charge in [0.05, 0.1) is 23.5 Å². The minimum Gasteiger partial charge on any atom is -0.497 e. The van der Waals surface area contributed by atoms with E-state index < -0.39 is 0 Å². The van der Waals surface area contributed by atoms with Crippen LogP contribution in [-0.4, -0.2) is 16.7 Å². The Morgan fingerprint density at radius 2 is 1.90 bits per heavy atom. The fourth-order valence-electron chi connectivity index (χ4n) is 2.34. The number of ether oxygens (including phenoxy) is 1. The summed E-state index contributed by atoms with van der Waals surface area (Å²) in [6.45, 7) is 1.94. The van der Waals surface area contributed by atoms with E-state index in [9.17, 15) is 0 Å². The van der Waals surface area contributed by atoms with Crippen LogP contribution in [0.15, 0.2) is 42.5 Å². The highest BCUT2D eigenvalue weighted by molar-refractivity contribution is 14.1. The molecule has 1 unspecified atom stereocenters. The summed E-state index contributed by atoms with van der Waals surface area (Å²) in [5.41, 5.74) is 3.05. The molecule has 0 bridgehead atoms. The molecule has 0 aliphatic rings. The molecule has 2 aromatic carbocycles. The minimum absolute atomic E-state index is 0.169. The topological polar surface area (TPSA) is 27.1 Å². The van der Waals surface area contributed by atoms with Gasteiger partial charge in [-0.25, -0.2) is 4.98 Å². The number of hydrogen-bond acceptors (Lipinski definition) is 2. The second-order valence-electron chi connectivity index (χ2n) is 4.75. The molecule has 0 saturated carbocycles. The summed E-state index contributed by atoms with van der Waals surface area (Å²) in [6.07, 6.45) is 0. The average molecular weight is 413 g/mol. The number of imidazole rings is 1. The van der Waals surface area contributed by atoms with Crippen molar-refractivity contribution in [2.45, 2.75) is 12.3 Å². The van der Waals surface area contributed by atoms with Gasteiger partial charge in [-0.05, 0) is 72.0 Å². The zero-order valence-electron chi connectivity index (χ0n) is 11.7. The van der Waals surface area contributed by atoms with Crippen molar-refractivity contribution in [2.24, 2.45) is 0 Å². The van der Waals surface area contributed by atoms with Crippen LogP contribution in [0.2, 0.25) is 0 Å². The molecule has 108 valence electrons. The van der Waals surface area contributed by atoms with E-state index in [1.807, 2.05) is 31.2 Å². The van der Waals surface area contributed by atoms with Gasteiger partial charge in [0.15, 0.2) is 0 Å². The number of methoxy groups -OCH3 is 1. The molecule has 3 aromatic rings. The van der Waals surface area contributed by atoms with E-state index in [0.29, 0.717) is 0 Å². The largest absolute Gasteiger partial charge is 0.497 e. The first kappa shape index (κ1) is 14.7. The first-order chi connectivity index (χ1) is 10.1. The number of rotatable bonds is 3. The molecule has 0 radical (unpaired) electrons. The number of hydrogen-bond donors (Lipinski definition) is 0. The first-order valence-electron chi connectivity index (χ1n) is 6.56. The second-order valence-corrected chi connectivity index (χ2v) is 6.65. The van der Waals surface area contributed by atoms with Crippen molar-refractivity contribution in [1.29, 1.82) is 0 Å². The molecule has 0 amide bonds. The molecule has 1 atom stereocenters. The zero-order chi connectivity index (χ0) is 15.0. The molecular formula is C16H14ClIN2O. The Kier molecular flexibility index (Phi) is 4.08. The van der Waals surface area contributed by atoms with Crippen LogP contribution in [0.1, 0.15) is 18.1 Å². The van der Waals surface area contributed by atoms with E-state index in [0.717, 1.165) is 31.9 Å². The van der Waals surface area contributed by atoms with Gasteiger partial charge in [-0.15, -0.1) is 11.6 Å². The predicted molar refractivity (Wildman–Crippen MR) is 94.6 cm³/mol. The lowest BCUT2D eigenvalue weighted by atomic mass is 10.2. The van der Waals surface area contributed by atoms with Gasteiger partial charge in [0.25, 0.3) is 0 Å². The molecule has 1 aromatic heterocycles. The molecule has 0 spiro atoms. The van der Waals surface area contributed by atoms with Crippen LogP contribution in [0, 0.1) is 3.57 Å². The summed E-state index contributed by atoms with van der Waals surface area (Å²) < 4.78 is 8.48. The van der Waals surface area contributed by atoms with Gasteiger partial charge < -0.3 is 4.74 Å². The SMILES string of the molecule is COc1ccc(-n2c(C(C)Cl)nc3cc(I)ccc32)cc1. The van der Waals surface area contributed by atoms with Gasteiger partial charge in [0.1, 0.15) is 11.6 Å². The molecule has 0 fully saturated rings. The molecule has 0 aliphatic heterocycles. The number of benzene rings is 2. The second kappa shape index (κ2) is 5.85. The van der Waals surface area contributed by atoms with E-state index in [-0.39, 0.29) is 5.38 Å². The molecule has 0 aliphatic carbocycles. The monoisotopic (exact) mass is 412 g/mol. The van der Waals surface area contributed by atoms with Crippen LogP contribution in [0.5, 0.6) is 5.75 Å². The first-order valence-corrected chi connectivity index (χ1v) is 8.08. The maximum Gasteiger partial charge on any atom is 0.132 e. The van der Waals surface area contributed by atoms with Gasteiger partial charge >= 0.3 is 0 Å². The highest BCUT2D eigenvalue weighted by Crippen LogP contribution is 2.29. The molecule has 0 saturated heterocycles. The van der Waals surface area contributed by atoms with E-state index in [1.54, 1.807) is 7.11 Å². The van der Waals surface area contributed by atoms with E-state index >= 15 is 0 Å². The Morgan fingerprint density at radius 1 is 1.19 bits per heavy atom. The number of alkyl halides is 1. The Bertz CT molecular complexity index is 781. The summed E-state index contributed by atoms with van der Waals surface area (Å²) >= 11 is 8.61. The molecule has 3 rings (SSSR count). The fourth-order valence-corrected chi connectivity index (χ4v) is 2.96. The van der Waals surface area contributed by atoms with Crippen LogP contribution in [0.4, 0.5) is 0 Å². The maximum atomic E-state index is 6.32. The third kappa shape index (κ3) is 2.74. The van der Waals surface area contributed by atoms with Crippen LogP contribution in [0.25, 0.3) is 16.7 Å². The van der Waals surface area contributed by atoms with Crippen molar-refractivity contribution in [2.75, 3.05) is 7.11 Å². The molecular weight excluding hydrogens is 399 g/mol. The number of nitrogens with zero attached hydrogens (tertiary/aromatic N) is 2. The van der Waals surface area contributed by atoms with Crippen molar-refractivity contribution < 1.29 is 4.74 Å². The average Bonchev–Trinajstić information content (AvgIpc) is 2.86. The normalized spacial score (nSPS) is 12.6. The van der Waals surface area contributed by atoms with Crippen molar-refractivity contribution in [1.82, 2.24) is 9.55 Å². The number of aromatic nitrogens is 2. The van der Waals surface area contributed by atoms with Gasteiger partial charge in [-0.3, -0.25) is 4.57 Å². The zero-order valence-corrected chi connectivity index (χ0v) is 14.6. The van der Waals surface area contributed by atoms with E-state index in [4.69, 9.17) is 16.3 Å². The van der Waals surface area contributed by atoms with Crippen molar-refractivity contribution in [3.8, 4) is 11.4 Å². The van der Waals surface area contributed by atoms with Crippen molar-refractivity contribution in [3.05, 3.63) is 51.9 Å². The summed E-state index contributed by atoms with van der Waals surface area (Å²) in [4.78, 5) is 4.69. The summed E-state index contributed by atoms with van der Waals surface area (Å²) in [7, 11) is 1.66. The van der Waals surface area contributed by atoms with Crippen molar-refractivity contribution >= 4 is 45.2 Å². The van der Waals surface area contributed by atoms with Crippen LogP contribution in [-0.2, 0) is 0 Å². The molecule has 5 heteroatoms. The van der Waals surface area contributed by atoms with Crippen LogP contribution in [0.3, 0.4) is 0 Å². The van der Waals surface area contributed by atoms with Gasteiger partial charge in [-0.2, -0.15) is 0 Å². The third-order valence-corrected chi connectivity index (χ3v) is 4.20. The molecule has 0 N–H and O–H groups in total. The van der Waals surface area contributed by atoms with Crippen molar-refractivity contribution in [3.63, 3.8) is 0 Å². The third-order valence-electron chi connectivity index (χ3n) is 3.33. The Morgan fingerprint density at radius 3 is 2.52 bits per heavy atom. The van der Waals surface area contributed by atoms with Gasteiger partial charge in [0, 0.05) is 9.26 Å². The standard InChI is InChI=1S/C16H14ClIN2O/c1-10(17)16-19-14-9-11(18)3-8-15(14)20(16)12-4-6-13(21-2)7-5-12/h3-10H,1-2H3. The highest BCUT2D eigenvalue weighted by atomic mass is 127. The molecule has 1 heterocycles. The Labute approximate surface area is 142 Å². The summed E-state index contributed by atoms with van der Waals surface area (Å²) in [5, 5.41) is -0.169. The fraction of sp³-hybridized carbons (Fsp3) is 0.188. The van der Waals surface area contributed by atoms with E-state index in [1.165, 1.54) is 0 Å². The molecule has 21 heavy (non-hydrogen) atoms. The lowest BCUT2D eigenvalue weighted by molar-refractivity contribution is 0.414. The predicted octanol–water partition coefficient (Wildman–Crippen LogP) is 4.94. The Hall–Kier alpha value is -1.27. The summed E-state index contributed by atoms with van der Waals surface area (Å²) in [6, 6.07) is 14.1. The smallest absolute Gasteiger partial charge is 0.132 e. The lowest BCUT2D eigenvalue weighted by Crippen LogP contribution is -2.01. The highest BCUT2D eigenvalue weighted by Gasteiger charge is 2.16. The minimum atomic E-state index is -0.169. The van der Waals surface area contributed by atoms with Crippen LogP contribution < -0.4 is 4.74 Å². The lowest BCUT2D eigenvalue weighted by Gasteiger charge is -2.11. The van der Waals surface area contributed by atoms with Crippen LogP contribution >= 0.6 is 34.2 Å². The quantitative estimate of drug-likeness (QED) is 0.450. The number of fused-ring (bicyclic) bond motifs is 1. The number of halogens is 2. The summed E-state index contributed by atoms with van der Waals surface area (Å²) in [5.74, 6) is 1.68.